The van der Waals surface area contributed by atoms with E-state index in [-0.39, 0.29) is 11.6 Å². The molecule has 0 aliphatic carbocycles. The van der Waals surface area contributed by atoms with E-state index >= 15 is 0 Å². The van der Waals surface area contributed by atoms with Crippen LogP contribution in [0.25, 0.3) is 0 Å². The van der Waals surface area contributed by atoms with Crippen molar-refractivity contribution in [2.24, 2.45) is 4.99 Å². The summed E-state index contributed by atoms with van der Waals surface area (Å²) in [4.78, 5) is 8.48. The zero-order chi connectivity index (χ0) is 21.5. The number of piperidine rings is 1. The number of hydrogen-bond donors (Lipinski definition) is 2. The van der Waals surface area contributed by atoms with Crippen molar-refractivity contribution >= 4 is 11.6 Å². The molecule has 0 aromatic heterocycles. The van der Waals surface area contributed by atoms with Crippen molar-refractivity contribution in [1.29, 1.82) is 0 Å². The van der Waals surface area contributed by atoms with Crippen LogP contribution in [-0.4, -0.2) is 51.1 Å². The molecule has 1 heterocycles. The molecule has 2 aromatic carbocycles. The molecule has 0 bridgehead atoms. The van der Waals surface area contributed by atoms with E-state index in [0.29, 0.717) is 24.7 Å². The number of nitrogens with one attached hydrogen (secondary N) is 2. The van der Waals surface area contributed by atoms with Gasteiger partial charge < -0.3 is 20.4 Å². The van der Waals surface area contributed by atoms with Crippen LogP contribution in [0.3, 0.4) is 0 Å². The minimum Gasteiger partial charge on any atom is -0.371 e. The van der Waals surface area contributed by atoms with E-state index in [4.69, 9.17) is 0 Å². The van der Waals surface area contributed by atoms with Gasteiger partial charge in [-0.2, -0.15) is 0 Å². The molecule has 2 N–H and O–H groups in total. The van der Waals surface area contributed by atoms with E-state index in [1.807, 2.05) is 31.1 Å². The first-order valence-corrected chi connectivity index (χ1v) is 10.3. The molecule has 0 radical (unpaired) electrons. The summed E-state index contributed by atoms with van der Waals surface area (Å²) in [5.41, 5.74) is 2.63. The van der Waals surface area contributed by atoms with E-state index in [2.05, 4.69) is 20.5 Å². The topological polar surface area (TPSA) is 42.9 Å². The average Bonchev–Trinajstić information content (AvgIpc) is 2.73. The standard InChI is InChI=1S/C23H31F2N5/c1-26-23(27-15-17-7-8-22(25)18(13-17)16-29(2)3)28-20-9-11-30(12-10-20)21-6-4-5-19(24)14-21/h4-8,13-14,20H,9-12,15-16H2,1-3H3,(H2,26,27,28). The van der Waals surface area contributed by atoms with Crippen molar-refractivity contribution < 1.29 is 8.78 Å². The quantitative estimate of drug-likeness (QED) is 0.561. The van der Waals surface area contributed by atoms with Crippen molar-refractivity contribution in [3.63, 3.8) is 0 Å². The van der Waals surface area contributed by atoms with Crippen LogP contribution in [0.2, 0.25) is 0 Å². The summed E-state index contributed by atoms with van der Waals surface area (Å²) in [6.07, 6.45) is 1.89. The summed E-state index contributed by atoms with van der Waals surface area (Å²) in [7, 11) is 5.60. The van der Waals surface area contributed by atoms with Gasteiger partial charge in [0.05, 0.1) is 0 Å². The van der Waals surface area contributed by atoms with E-state index in [0.717, 1.165) is 43.1 Å². The Morgan fingerprint density at radius 1 is 1.13 bits per heavy atom. The van der Waals surface area contributed by atoms with Crippen molar-refractivity contribution in [2.75, 3.05) is 39.1 Å². The van der Waals surface area contributed by atoms with Gasteiger partial charge in [0, 0.05) is 50.5 Å². The lowest BCUT2D eigenvalue weighted by molar-refractivity contribution is 0.392. The van der Waals surface area contributed by atoms with Gasteiger partial charge >= 0.3 is 0 Å². The van der Waals surface area contributed by atoms with Gasteiger partial charge in [0.1, 0.15) is 11.6 Å². The van der Waals surface area contributed by atoms with Crippen LogP contribution in [0, 0.1) is 11.6 Å². The van der Waals surface area contributed by atoms with E-state index in [1.54, 1.807) is 25.2 Å². The van der Waals surface area contributed by atoms with E-state index in [9.17, 15) is 8.78 Å². The maximum Gasteiger partial charge on any atom is 0.191 e. The maximum absolute atomic E-state index is 14.0. The zero-order valence-electron chi connectivity index (χ0n) is 18.0. The second-order valence-electron chi connectivity index (χ2n) is 7.97. The molecular formula is C23H31F2N5. The first-order chi connectivity index (χ1) is 14.4. The molecule has 1 saturated heterocycles. The van der Waals surface area contributed by atoms with Gasteiger partial charge in [-0.3, -0.25) is 4.99 Å². The maximum atomic E-state index is 14.0. The lowest BCUT2D eigenvalue weighted by atomic mass is 10.0. The van der Waals surface area contributed by atoms with Crippen molar-refractivity contribution in [1.82, 2.24) is 15.5 Å². The Morgan fingerprint density at radius 3 is 2.57 bits per heavy atom. The summed E-state index contributed by atoms with van der Waals surface area (Å²) in [6, 6.07) is 12.3. The largest absolute Gasteiger partial charge is 0.371 e. The summed E-state index contributed by atoms with van der Waals surface area (Å²) < 4.78 is 27.4. The highest BCUT2D eigenvalue weighted by atomic mass is 19.1. The second-order valence-corrected chi connectivity index (χ2v) is 7.97. The van der Waals surface area contributed by atoms with Crippen LogP contribution < -0.4 is 15.5 Å². The fourth-order valence-electron chi connectivity index (χ4n) is 3.73. The second kappa shape index (κ2) is 10.4. The number of rotatable bonds is 6. The van der Waals surface area contributed by atoms with Crippen molar-refractivity contribution in [3.8, 4) is 0 Å². The Hall–Kier alpha value is -2.67. The SMILES string of the molecule is CN=C(NCc1ccc(F)c(CN(C)C)c1)NC1CCN(c2cccc(F)c2)CC1. The van der Waals surface area contributed by atoms with Crippen LogP contribution in [0.4, 0.5) is 14.5 Å². The fourth-order valence-corrected chi connectivity index (χ4v) is 3.73. The molecular weight excluding hydrogens is 384 g/mol. The average molecular weight is 416 g/mol. The molecule has 3 rings (SSSR count). The minimum atomic E-state index is -0.202. The van der Waals surface area contributed by atoms with Crippen molar-refractivity contribution in [3.05, 3.63) is 65.2 Å². The molecule has 5 nitrogen and oxygen atoms in total. The highest BCUT2D eigenvalue weighted by Crippen LogP contribution is 2.20. The molecule has 0 unspecified atom stereocenters. The molecule has 1 fully saturated rings. The predicted octanol–water partition coefficient (Wildman–Crippen LogP) is 3.36. The van der Waals surface area contributed by atoms with E-state index < -0.39 is 0 Å². The third-order valence-electron chi connectivity index (χ3n) is 5.29. The zero-order valence-corrected chi connectivity index (χ0v) is 18.0. The highest BCUT2D eigenvalue weighted by Gasteiger charge is 2.20. The number of benzene rings is 2. The third kappa shape index (κ3) is 6.16. The molecule has 0 amide bonds. The Morgan fingerprint density at radius 2 is 1.90 bits per heavy atom. The number of nitrogens with zero attached hydrogens (tertiary/aromatic N) is 3. The van der Waals surface area contributed by atoms with Gasteiger partial charge in [-0.05, 0) is 62.8 Å². The van der Waals surface area contributed by atoms with Crippen LogP contribution in [0.15, 0.2) is 47.5 Å². The van der Waals surface area contributed by atoms with Gasteiger partial charge in [-0.15, -0.1) is 0 Å². The van der Waals surface area contributed by atoms with Crippen LogP contribution in [0.5, 0.6) is 0 Å². The Bertz CT molecular complexity index is 860. The Labute approximate surface area is 177 Å². The van der Waals surface area contributed by atoms with Gasteiger partial charge in [0.15, 0.2) is 5.96 Å². The molecule has 0 atom stereocenters. The fraction of sp³-hybridized carbons (Fsp3) is 0.435. The van der Waals surface area contributed by atoms with Crippen molar-refractivity contribution in [2.45, 2.75) is 32.0 Å². The lowest BCUT2D eigenvalue weighted by Crippen LogP contribution is -2.48. The Kier molecular flexibility index (Phi) is 7.63. The number of aliphatic imine (C=N–C) groups is 1. The lowest BCUT2D eigenvalue weighted by Gasteiger charge is -2.34. The summed E-state index contributed by atoms with van der Waals surface area (Å²) >= 11 is 0. The molecule has 1 aliphatic rings. The molecule has 1 aliphatic heterocycles. The third-order valence-corrected chi connectivity index (χ3v) is 5.29. The predicted molar refractivity (Wildman–Crippen MR) is 119 cm³/mol. The van der Waals surface area contributed by atoms with Crippen LogP contribution in [-0.2, 0) is 13.1 Å². The van der Waals surface area contributed by atoms with Gasteiger partial charge in [-0.1, -0.05) is 12.1 Å². The summed E-state index contributed by atoms with van der Waals surface area (Å²) in [5.74, 6) is 0.351. The van der Waals surface area contributed by atoms with Crippen LogP contribution in [0.1, 0.15) is 24.0 Å². The smallest absolute Gasteiger partial charge is 0.191 e. The normalized spacial score (nSPS) is 15.5. The van der Waals surface area contributed by atoms with Crippen LogP contribution >= 0.6 is 0 Å². The number of halogens is 2. The first kappa shape index (κ1) is 22.0. The summed E-state index contributed by atoms with van der Waals surface area (Å²) in [5, 5.41) is 6.80. The van der Waals surface area contributed by atoms with E-state index in [1.165, 1.54) is 12.1 Å². The molecule has 7 heteroatoms. The first-order valence-electron chi connectivity index (χ1n) is 10.3. The monoisotopic (exact) mass is 415 g/mol. The van der Waals surface area contributed by atoms with Gasteiger partial charge in [0.25, 0.3) is 0 Å². The molecule has 0 spiro atoms. The van der Waals surface area contributed by atoms with Gasteiger partial charge in [0.2, 0.25) is 0 Å². The van der Waals surface area contributed by atoms with Gasteiger partial charge in [-0.25, -0.2) is 8.78 Å². The molecule has 0 saturated carbocycles. The highest BCUT2D eigenvalue weighted by molar-refractivity contribution is 5.80. The summed E-state index contributed by atoms with van der Waals surface area (Å²) in [6.45, 7) is 2.87. The number of anilines is 1. The molecule has 2 aromatic rings. The molecule has 162 valence electrons. The minimum absolute atomic E-state index is 0.181. The Balaban J connectivity index is 1.50. The number of guanidine groups is 1. The number of hydrogen-bond acceptors (Lipinski definition) is 3. The molecule has 30 heavy (non-hydrogen) atoms.